The van der Waals surface area contributed by atoms with Gasteiger partial charge in [-0.3, -0.25) is 9.59 Å². The molecule has 0 aliphatic heterocycles. The minimum Gasteiger partial charge on any atom is -0.469 e. The third-order valence-corrected chi connectivity index (χ3v) is 2.99. The number of amides is 1. The van der Waals surface area contributed by atoms with Gasteiger partial charge in [-0.2, -0.15) is 5.26 Å². The molecular weight excluding hydrogens is 256 g/mol. The Kier molecular flexibility index (Phi) is 6.24. The van der Waals surface area contributed by atoms with Crippen molar-refractivity contribution in [3.63, 3.8) is 0 Å². The highest BCUT2D eigenvalue weighted by molar-refractivity contribution is 5.86. The van der Waals surface area contributed by atoms with Crippen molar-refractivity contribution in [1.29, 1.82) is 5.26 Å². The van der Waals surface area contributed by atoms with Crippen molar-refractivity contribution in [3.05, 3.63) is 35.9 Å². The first-order valence-corrected chi connectivity index (χ1v) is 6.36. The summed E-state index contributed by atoms with van der Waals surface area (Å²) in [6.45, 7) is 0.416. The lowest BCUT2D eigenvalue weighted by Gasteiger charge is -2.20. The molecule has 0 aliphatic carbocycles. The van der Waals surface area contributed by atoms with Crippen LogP contribution in [-0.2, 0) is 14.3 Å². The quantitative estimate of drug-likeness (QED) is 0.740. The summed E-state index contributed by atoms with van der Waals surface area (Å²) in [6.07, 6.45) is 0.776. The van der Waals surface area contributed by atoms with Gasteiger partial charge in [-0.25, -0.2) is 0 Å². The van der Waals surface area contributed by atoms with Gasteiger partial charge >= 0.3 is 5.97 Å². The van der Waals surface area contributed by atoms with Gasteiger partial charge in [0.05, 0.1) is 13.2 Å². The van der Waals surface area contributed by atoms with Crippen molar-refractivity contribution < 1.29 is 14.3 Å². The summed E-state index contributed by atoms with van der Waals surface area (Å²) in [7, 11) is 2.96. The number of hydrogen-bond acceptors (Lipinski definition) is 4. The number of rotatable bonds is 6. The van der Waals surface area contributed by atoms with Gasteiger partial charge in [0.2, 0.25) is 5.91 Å². The maximum atomic E-state index is 12.2. The minimum absolute atomic E-state index is 0.261. The molecule has 1 rings (SSSR count). The van der Waals surface area contributed by atoms with Crippen molar-refractivity contribution in [2.24, 2.45) is 0 Å². The first-order valence-electron chi connectivity index (χ1n) is 6.36. The predicted molar refractivity (Wildman–Crippen MR) is 73.7 cm³/mol. The molecule has 0 spiro atoms. The number of benzene rings is 1. The zero-order valence-corrected chi connectivity index (χ0v) is 11.7. The molecule has 106 valence electrons. The average molecular weight is 274 g/mol. The fraction of sp³-hybridized carbons (Fsp3) is 0.400. The number of hydrogen-bond donors (Lipinski definition) is 0. The van der Waals surface area contributed by atoms with Crippen LogP contribution in [0.25, 0.3) is 0 Å². The summed E-state index contributed by atoms with van der Waals surface area (Å²) >= 11 is 0. The molecule has 1 atom stereocenters. The Morgan fingerprint density at radius 1 is 1.35 bits per heavy atom. The lowest BCUT2D eigenvalue weighted by Crippen LogP contribution is -2.32. The maximum absolute atomic E-state index is 12.2. The number of carbonyl (C=O) groups excluding carboxylic acids is 2. The number of ether oxygens (including phenoxy) is 1. The van der Waals surface area contributed by atoms with Gasteiger partial charge in [0.25, 0.3) is 0 Å². The molecule has 0 bridgehead atoms. The molecule has 0 radical (unpaired) electrons. The van der Waals surface area contributed by atoms with Crippen LogP contribution in [0.3, 0.4) is 0 Å². The van der Waals surface area contributed by atoms with Crippen LogP contribution in [0.5, 0.6) is 0 Å². The summed E-state index contributed by atoms with van der Waals surface area (Å²) in [5, 5.41) is 9.18. The van der Waals surface area contributed by atoms with E-state index in [1.54, 1.807) is 31.3 Å². The van der Waals surface area contributed by atoms with Crippen LogP contribution in [-0.4, -0.2) is 37.5 Å². The molecule has 0 fully saturated rings. The van der Waals surface area contributed by atoms with Crippen molar-refractivity contribution >= 4 is 11.9 Å². The van der Waals surface area contributed by atoms with Crippen LogP contribution in [0.1, 0.15) is 24.3 Å². The first kappa shape index (κ1) is 15.7. The van der Waals surface area contributed by atoms with Crippen LogP contribution in [0.4, 0.5) is 0 Å². The zero-order chi connectivity index (χ0) is 15.0. The Hall–Kier alpha value is -2.35. The highest BCUT2D eigenvalue weighted by Crippen LogP contribution is 2.17. The molecule has 1 unspecified atom stereocenters. The van der Waals surface area contributed by atoms with Gasteiger partial charge in [0.15, 0.2) is 0 Å². The van der Waals surface area contributed by atoms with Crippen molar-refractivity contribution in [2.45, 2.75) is 18.8 Å². The van der Waals surface area contributed by atoms with Crippen LogP contribution >= 0.6 is 0 Å². The SMILES string of the molecule is COC(=O)CCCN(C)C(=O)C(C#N)c1ccccc1. The molecule has 5 heteroatoms. The van der Waals surface area contributed by atoms with E-state index in [0.717, 1.165) is 0 Å². The Bertz CT molecular complexity index is 494. The van der Waals surface area contributed by atoms with E-state index in [0.29, 0.717) is 18.5 Å². The van der Waals surface area contributed by atoms with Crippen molar-refractivity contribution in [1.82, 2.24) is 4.90 Å². The molecular formula is C15H18N2O3. The second-order valence-electron chi connectivity index (χ2n) is 4.41. The molecule has 0 saturated carbocycles. The number of carbonyl (C=O) groups is 2. The number of nitrogens with zero attached hydrogens (tertiary/aromatic N) is 2. The van der Waals surface area contributed by atoms with E-state index < -0.39 is 5.92 Å². The fourth-order valence-corrected chi connectivity index (χ4v) is 1.81. The Labute approximate surface area is 118 Å². The summed E-state index contributed by atoms with van der Waals surface area (Å²) in [6, 6.07) is 11.0. The van der Waals surface area contributed by atoms with Crippen LogP contribution < -0.4 is 0 Å². The van der Waals surface area contributed by atoms with E-state index in [9.17, 15) is 14.9 Å². The smallest absolute Gasteiger partial charge is 0.305 e. The molecule has 1 aromatic carbocycles. The summed E-state index contributed by atoms with van der Waals surface area (Å²) in [5.74, 6) is -1.37. The third kappa shape index (κ3) is 4.39. The van der Waals surface area contributed by atoms with Crippen LogP contribution in [0.15, 0.2) is 30.3 Å². The number of methoxy groups -OCH3 is 1. The molecule has 0 saturated heterocycles. The predicted octanol–water partition coefficient (Wildman–Crippen LogP) is 1.71. The van der Waals surface area contributed by atoms with Gasteiger partial charge < -0.3 is 9.64 Å². The van der Waals surface area contributed by atoms with E-state index in [2.05, 4.69) is 4.74 Å². The second kappa shape index (κ2) is 7.95. The largest absolute Gasteiger partial charge is 0.469 e. The standard InChI is InChI=1S/C15H18N2O3/c1-17(10-6-9-14(18)20-2)15(19)13(11-16)12-7-4-3-5-8-12/h3-5,7-8,13H,6,9-10H2,1-2H3. The molecule has 1 aromatic rings. The van der Waals surface area contributed by atoms with Crippen LogP contribution in [0, 0.1) is 11.3 Å². The molecule has 0 aliphatic rings. The van der Waals surface area contributed by atoms with Crippen molar-refractivity contribution in [2.75, 3.05) is 20.7 Å². The van der Waals surface area contributed by atoms with Gasteiger partial charge in [-0.05, 0) is 12.0 Å². The lowest BCUT2D eigenvalue weighted by molar-refractivity contribution is -0.141. The van der Waals surface area contributed by atoms with Crippen molar-refractivity contribution in [3.8, 4) is 6.07 Å². The van der Waals surface area contributed by atoms with Crippen LogP contribution in [0.2, 0.25) is 0 Å². The van der Waals surface area contributed by atoms with E-state index >= 15 is 0 Å². The van der Waals surface area contributed by atoms with E-state index in [-0.39, 0.29) is 18.3 Å². The normalized spacial score (nSPS) is 11.2. The molecule has 0 N–H and O–H groups in total. The topological polar surface area (TPSA) is 70.4 Å². The summed E-state index contributed by atoms with van der Waals surface area (Å²) < 4.78 is 4.54. The Morgan fingerprint density at radius 2 is 2.00 bits per heavy atom. The molecule has 0 aromatic heterocycles. The van der Waals surface area contributed by atoms with Gasteiger partial charge in [0, 0.05) is 20.0 Å². The number of esters is 1. The monoisotopic (exact) mass is 274 g/mol. The van der Waals surface area contributed by atoms with Gasteiger partial charge in [-0.15, -0.1) is 0 Å². The number of nitriles is 1. The third-order valence-electron chi connectivity index (χ3n) is 2.99. The Balaban J connectivity index is 2.59. The molecule has 5 nitrogen and oxygen atoms in total. The fourth-order valence-electron chi connectivity index (χ4n) is 1.81. The molecule has 20 heavy (non-hydrogen) atoms. The first-order chi connectivity index (χ1) is 9.60. The lowest BCUT2D eigenvalue weighted by atomic mass is 9.99. The van der Waals surface area contributed by atoms with E-state index in [1.165, 1.54) is 12.0 Å². The average Bonchev–Trinajstić information content (AvgIpc) is 2.48. The minimum atomic E-state index is -0.806. The maximum Gasteiger partial charge on any atom is 0.305 e. The summed E-state index contributed by atoms with van der Waals surface area (Å²) in [4.78, 5) is 24.7. The highest BCUT2D eigenvalue weighted by atomic mass is 16.5. The number of likely N-dealkylation sites (N-methyl/N-ethyl adjacent to an activating group) is 1. The molecule has 0 heterocycles. The highest BCUT2D eigenvalue weighted by Gasteiger charge is 2.23. The van der Waals surface area contributed by atoms with Gasteiger partial charge in [-0.1, -0.05) is 30.3 Å². The van der Waals surface area contributed by atoms with E-state index in [1.807, 2.05) is 12.1 Å². The molecule has 1 amide bonds. The zero-order valence-electron chi connectivity index (χ0n) is 11.7. The Morgan fingerprint density at radius 3 is 2.55 bits per heavy atom. The van der Waals surface area contributed by atoms with Gasteiger partial charge in [0.1, 0.15) is 5.92 Å². The van der Waals surface area contributed by atoms with E-state index in [4.69, 9.17) is 0 Å². The second-order valence-corrected chi connectivity index (χ2v) is 4.41. The summed E-state index contributed by atoms with van der Waals surface area (Å²) in [5.41, 5.74) is 0.680.